The van der Waals surface area contributed by atoms with E-state index in [1.54, 1.807) is 0 Å². The molecule has 1 aromatic rings. The zero-order chi connectivity index (χ0) is 13.9. The lowest BCUT2D eigenvalue weighted by Gasteiger charge is -2.39. The molecule has 0 radical (unpaired) electrons. The molecule has 0 spiro atoms. The van der Waals surface area contributed by atoms with Gasteiger partial charge in [-0.05, 0) is 30.9 Å². The Kier molecular flexibility index (Phi) is 4.87. The lowest BCUT2D eigenvalue weighted by Crippen LogP contribution is -2.46. The predicted molar refractivity (Wildman–Crippen MR) is 85.6 cm³/mol. The summed E-state index contributed by atoms with van der Waals surface area (Å²) in [5.41, 5.74) is 1.16. The van der Waals surface area contributed by atoms with Gasteiger partial charge in [-0.1, -0.05) is 42.1 Å². The Hall–Kier alpha value is -0.280. The fraction of sp³-hybridized carbons (Fsp3) is 0.625. The fourth-order valence-corrected chi connectivity index (χ4v) is 4.36. The Morgan fingerprint density at radius 1 is 1.05 bits per heavy atom. The van der Waals surface area contributed by atoms with Gasteiger partial charge in [0, 0.05) is 47.8 Å². The van der Waals surface area contributed by atoms with E-state index in [0.717, 1.165) is 41.8 Å². The number of rotatable bonds is 3. The van der Waals surface area contributed by atoms with E-state index in [4.69, 9.17) is 23.2 Å². The molecule has 1 N–H and O–H groups in total. The van der Waals surface area contributed by atoms with E-state index in [1.807, 2.05) is 18.2 Å². The maximum Gasteiger partial charge on any atom is 0.0468 e. The van der Waals surface area contributed by atoms with Gasteiger partial charge in [-0.25, -0.2) is 0 Å². The third kappa shape index (κ3) is 2.99. The summed E-state index contributed by atoms with van der Waals surface area (Å²) in [5, 5.41) is 5.09. The summed E-state index contributed by atoms with van der Waals surface area (Å²) in [5.74, 6) is 0.700. The van der Waals surface area contributed by atoms with Crippen LogP contribution >= 0.6 is 23.2 Å². The SMILES string of the molecule is Clc1cccc(Cl)c1[C@@H](C1CCCC1)N1CCNCC1. The molecule has 4 heteroatoms. The molecule has 0 unspecified atom stereocenters. The van der Waals surface area contributed by atoms with Gasteiger partial charge >= 0.3 is 0 Å². The van der Waals surface area contributed by atoms with Crippen molar-refractivity contribution in [1.29, 1.82) is 0 Å². The van der Waals surface area contributed by atoms with Crippen LogP contribution in [0.1, 0.15) is 37.3 Å². The molecule has 3 rings (SSSR count). The van der Waals surface area contributed by atoms with Gasteiger partial charge in [-0.3, -0.25) is 4.90 Å². The van der Waals surface area contributed by atoms with E-state index in [9.17, 15) is 0 Å². The van der Waals surface area contributed by atoms with Gasteiger partial charge < -0.3 is 5.32 Å². The van der Waals surface area contributed by atoms with Gasteiger partial charge in [0.15, 0.2) is 0 Å². The average molecular weight is 313 g/mol. The van der Waals surface area contributed by atoms with Crippen molar-refractivity contribution in [3.05, 3.63) is 33.8 Å². The third-order valence-electron chi connectivity index (χ3n) is 4.69. The zero-order valence-corrected chi connectivity index (χ0v) is 13.3. The summed E-state index contributed by atoms with van der Waals surface area (Å²) in [4.78, 5) is 2.58. The minimum Gasteiger partial charge on any atom is -0.314 e. The van der Waals surface area contributed by atoms with E-state index in [0.29, 0.717) is 12.0 Å². The van der Waals surface area contributed by atoms with Crippen molar-refractivity contribution in [2.24, 2.45) is 5.92 Å². The molecule has 2 nitrogen and oxygen atoms in total. The monoisotopic (exact) mass is 312 g/mol. The van der Waals surface area contributed by atoms with Crippen molar-refractivity contribution in [1.82, 2.24) is 10.2 Å². The van der Waals surface area contributed by atoms with Crippen LogP contribution in [0.5, 0.6) is 0 Å². The standard InChI is InChI=1S/C16H22Cl2N2/c17-13-6-3-7-14(18)15(13)16(12-4-1-2-5-12)20-10-8-19-9-11-20/h3,6-7,12,16,19H,1-2,4-5,8-11H2/t16-/m1/s1. The Labute approximate surface area is 131 Å². The highest BCUT2D eigenvalue weighted by Gasteiger charge is 2.34. The van der Waals surface area contributed by atoms with Crippen LogP contribution in [-0.2, 0) is 0 Å². The number of nitrogens with zero attached hydrogens (tertiary/aromatic N) is 1. The maximum atomic E-state index is 6.50. The van der Waals surface area contributed by atoms with Crippen molar-refractivity contribution < 1.29 is 0 Å². The van der Waals surface area contributed by atoms with Crippen LogP contribution < -0.4 is 5.32 Å². The van der Waals surface area contributed by atoms with E-state index < -0.39 is 0 Å². The average Bonchev–Trinajstić information content (AvgIpc) is 2.98. The fourth-order valence-electron chi connectivity index (χ4n) is 3.74. The summed E-state index contributed by atoms with van der Waals surface area (Å²) in [7, 11) is 0. The number of hydrogen-bond acceptors (Lipinski definition) is 2. The van der Waals surface area contributed by atoms with E-state index >= 15 is 0 Å². The van der Waals surface area contributed by atoms with Gasteiger partial charge in [0.25, 0.3) is 0 Å². The Balaban J connectivity index is 1.95. The van der Waals surface area contributed by atoms with Crippen molar-refractivity contribution in [2.75, 3.05) is 26.2 Å². The van der Waals surface area contributed by atoms with Gasteiger partial charge in [0.1, 0.15) is 0 Å². The predicted octanol–water partition coefficient (Wildman–Crippen LogP) is 4.13. The first-order valence-corrected chi connectivity index (χ1v) is 8.41. The highest BCUT2D eigenvalue weighted by Crippen LogP contribution is 2.44. The molecule has 20 heavy (non-hydrogen) atoms. The molecule has 2 fully saturated rings. The summed E-state index contributed by atoms with van der Waals surface area (Å²) >= 11 is 13.0. The molecule has 1 aliphatic heterocycles. The molecule has 1 aromatic carbocycles. The van der Waals surface area contributed by atoms with E-state index in [-0.39, 0.29) is 0 Å². The van der Waals surface area contributed by atoms with Crippen molar-refractivity contribution in [3.63, 3.8) is 0 Å². The van der Waals surface area contributed by atoms with Crippen LogP contribution in [0.3, 0.4) is 0 Å². The molecule has 1 atom stereocenters. The van der Waals surface area contributed by atoms with Gasteiger partial charge in [-0.15, -0.1) is 0 Å². The Morgan fingerprint density at radius 3 is 2.25 bits per heavy atom. The van der Waals surface area contributed by atoms with E-state index in [2.05, 4.69) is 10.2 Å². The van der Waals surface area contributed by atoms with Crippen LogP contribution in [0.15, 0.2) is 18.2 Å². The summed E-state index contributed by atoms with van der Waals surface area (Å²) < 4.78 is 0. The number of piperazine rings is 1. The number of halogens is 2. The minimum absolute atomic E-state index is 0.390. The number of benzene rings is 1. The highest BCUT2D eigenvalue weighted by atomic mass is 35.5. The largest absolute Gasteiger partial charge is 0.314 e. The van der Waals surface area contributed by atoms with Crippen molar-refractivity contribution in [3.8, 4) is 0 Å². The molecule has 0 aromatic heterocycles. The van der Waals surface area contributed by atoms with Crippen LogP contribution in [0.4, 0.5) is 0 Å². The van der Waals surface area contributed by atoms with Gasteiger partial charge in [0.05, 0.1) is 0 Å². The zero-order valence-electron chi connectivity index (χ0n) is 11.7. The molecule has 1 aliphatic carbocycles. The van der Waals surface area contributed by atoms with Crippen LogP contribution in [0.25, 0.3) is 0 Å². The van der Waals surface area contributed by atoms with E-state index in [1.165, 1.54) is 25.7 Å². The van der Waals surface area contributed by atoms with Crippen LogP contribution in [0, 0.1) is 5.92 Å². The lowest BCUT2D eigenvalue weighted by molar-refractivity contribution is 0.125. The summed E-state index contributed by atoms with van der Waals surface area (Å²) in [6.45, 7) is 4.29. The molecule has 2 aliphatic rings. The van der Waals surface area contributed by atoms with Gasteiger partial charge in [-0.2, -0.15) is 0 Å². The lowest BCUT2D eigenvalue weighted by atomic mass is 9.89. The first-order chi connectivity index (χ1) is 9.77. The topological polar surface area (TPSA) is 15.3 Å². The summed E-state index contributed by atoms with van der Waals surface area (Å²) in [6, 6.07) is 6.29. The first-order valence-electron chi connectivity index (χ1n) is 7.66. The molecule has 1 heterocycles. The second-order valence-corrected chi connectivity index (χ2v) is 6.73. The second-order valence-electron chi connectivity index (χ2n) is 5.91. The Morgan fingerprint density at radius 2 is 1.65 bits per heavy atom. The first kappa shape index (κ1) is 14.6. The molecule has 1 saturated heterocycles. The quantitative estimate of drug-likeness (QED) is 0.902. The van der Waals surface area contributed by atoms with Crippen molar-refractivity contribution in [2.45, 2.75) is 31.7 Å². The molecule has 0 amide bonds. The third-order valence-corrected chi connectivity index (χ3v) is 5.35. The van der Waals surface area contributed by atoms with Crippen molar-refractivity contribution >= 4 is 23.2 Å². The second kappa shape index (κ2) is 6.65. The molecule has 1 saturated carbocycles. The molecular weight excluding hydrogens is 291 g/mol. The molecule has 110 valence electrons. The normalized spacial score (nSPS) is 23.1. The summed E-state index contributed by atoms with van der Waals surface area (Å²) in [6.07, 6.45) is 5.29. The molecular formula is C16H22Cl2N2. The highest BCUT2D eigenvalue weighted by molar-refractivity contribution is 6.36. The van der Waals surface area contributed by atoms with Crippen LogP contribution in [0.2, 0.25) is 10.0 Å². The smallest absolute Gasteiger partial charge is 0.0468 e. The minimum atomic E-state index is 0.390. The number of nitrogens with one attached hydrogen (secondary N) is 1. The van der Waals surface area contributed by atoms with Gasteiger partial charge in [0.2, 0.25) is 0 Å². The van der Waals surface area contributed by atoms with Crippen LogP contribution in [-0.4, -0.2) is 31.1 Å². The maximum absolute atomic E-state index is 6.50. The Bertz CT molecular complexity index is 432. The number of hydrogen-bond donors (Lipinski definition) is 1. The molecule has 0 bridgehead atoms.